The average molecular weight is 298 g/mol. The first-order chi connectivity index (χ1) is 10.8. The number of aromatic nitrogens is 1. The summed E-state index contributed by atoms with van der Waals surface area (Å²) in [5, 5.41) is 12.3. The van der Waals surface area contributed by atoms with Crippen molar-refractivity contribution >= 4 is 5.69 Å². The second-order valence-electron chi connectivity index (χ2n) is 4.81. The number of oxazole rings is 1. The predicted molar refractivity (Wildman–Crippen MR) is 81.6 cm³/mol. The molecular weight excluding hydrogens is 283 g/mol. The predicted octanol–water partition coefficient (Wildman–Crippen LogP) is 3.59. The summed E-state index contributed by atoms with van der Waals surface area (Å²) in [6.45, 7) is 0.370. The molecule has 2 aromatic carbocycles. The van der Waals surface area contributed by atoms with Gasteiger partial charge in [0.1, 0.15) is 5.82 Å². The molecule has 0 aliphatic carbocycles. The lowest BCUT2D eigenvalue weighted by molar-refractivity contribution is 0.282. The largest absolute Gasteiger partial charge is 0.439 e. The van der Waals surface area contributed by atoms with Gasteiger partial charge in [0.15, 0.2) is 5.76 Å². The molecule has 0 atom stereocenters. The quantitative estimate of drug-likeness (QED) is 0.756. The molecule has 1 heterocycles. The van der Waals surface area contributed by atoms with E-state index in [1.807, 2.05) is 24.3 Å². The maximum atomic E-state index is 13.7. The fraction of sp³-hybridized carbons (Fsp3) is 0.118. The minimum atomic E-state index is -0.339. The average Bonchev–Trinajstić information content (AvgIpc) is 3.02. The van der Waals surface area contributed by atoms with Crippen LogP contribution in [0, 0.1) is 5.82 Å². The number of anilines is 1. The van der Waals surface area contributed by atoms with E-state index < -0.39 is 0 Å². The van der Waals surface area contributed by atoms with E-state index in [-0.39, 0.29) is 12.4 Å². The highest BCUT2D eigenvalue weighted by Gasteiger charge is 2.10. The van der Waals surface area contributed by atoms with Gasteiger partial charge in [-0.3, -0.25) is 0 Å². The topological polar surface area (TPSA) is 58.3 Å². The zero-order valence-electron chi connectivity index (χ0n) is 11.8. The van der Waals surface area contributed by atoms with Crippen LogP contribution in [0.3, 0.4) is 0 Å². The third kappa shape index (κ3) is 3.15. The molecule has 0 amide bonds. The van der Waals surface area contributed by atoms with E-state index in [2.05, 4.69) is 10.3 Å². The van der Waals surface area contributed by atoms with Gasteiger partial charge < -0.3 is 14.8 Å². The van der Waals surface area contributed by atoms with Gasteiger partial charge in [0.05, 0.1) is 24.9 Å². The molecule has 0 saturated heterocycles. The van der Waals surface area contributed by atoms with Crippen LogP contribution >= 0.6 is 0 Å². The van der Waals surface area contributed by atoms with E-state index in [4.69, 9.17) is 9.52 Å². The molecule has 3 aromatic rings. The number of nitrogens with one attached hydrogen (secondary N) is 1. The second kappa shape index (κ2) is 6.41. The highest BCUT2D eigenvalue weighted by atomic mass is 19.1. The summed E-state index contributed by atoms with van der Waals surface area (Å²) < 4.78 is 19.3. The Morgan fingerprint density at radius 1 is 1.14 bits per heavy atom. The van der Waals surface area contributed by atoms with E-state index in [0.717, 1.165) is 11.3 Å². The summed E-state index contributed by atoms with van der Waals surface area (Å²) in [5.74, 6) is 0.528. The van der Waals surface area contributed by atoms with Crippen LogP contribution in [0.15, 0.2) is 59.1 Å². The summed E-state index contributed by atoms with van der Waals surface area (Å²) in [7, 11) is 0. The molecule has 22 heavy (non-hydrogen) atoms. The summed E-state index contributed by atoms with van der Waals surface area (Å²) in [5.41, 5.74) is 2.07. The molecule has 0 fully saturated rings. The van der Waals surface area contributed by atoms with Crippen molar-refractivity contribution in [1.82, 2.24) is 4.98 Å². The van der Waals surface area contributed by atoms with Crippen LogP contribution in [-0.4, -0.2) is 10.1 Å². The Hall–Kier alpha value is -2.66. The number of aliphatic hydroxyl groups is 1. The summed E-state index contributed by atoms with van der Waals surface area (Å²) in [6.07, 6.45) is 1.51. The highest BCUT2D eigenvalue weighted by molar-refractivity contribution is 5.57. The van der Waals surface area contributed by atoms with Crippen molar-refractivity contribution < 1.29 is 13.9 Å². The fourth-order valence-corrected chi connectivity index (χ4v) is 2.13. The Kier molecular flexibility index (Phi) is 4.16. The van der Waals surface area contributed by atoms with E-state index in [1.54, 1.807) is 18.2 Å². The molecule has 112 valence electrons. The first-order valence-electron chi connectivity index (χ1n) is 6.89. The Bertz CT molecular complexity index is 771. The number of hydrogen-bond donors (Lipinski definition) is 2. The number of rotatable bonds is 5. The summed E-state index contributed by atoms with van der Waals surface area (Å²) >= 11 is 0. The second-order valence-corrected chi connectivity index (χ2v) is 4.81. The van der Waals surface area contributed by atoms with Crippen LogP contribution in [0.4, 0.5) is 10.1 Å². The molecule has 5 heteroatoms. The fourth-order valence-electron chi connectivity index (χ4n) is 2.13. The number of aliphatic hydroxyl groups excluding tert-OH is 1. The van der Waals surface area contributed by atoms with Crippen LogP contribution in [0.1, 0.15) is 11.5 Å². The van der Waals surface area contributed by atoms with Crippen LogP contribution in [0.25, 0.3) is 11.3 Å². The lowest BCUT2D eigenvalue weighted by Crippen LogP contribution is -1.99. The van der Waals surface area contributed by atoms with Crippen LogP contribution in [-0.2, 0) is 13.2 Å². The van der Waals surface area contributed by atoms with Gasteiger partial charge in [-0.2, -0.15) is 0 Å². The maximum absolute atomic E-state index is 13.7. The van der Waals surface area contributed by atoms with E-state index >= 15 is 0 Å². The molecule has 0 radical (unpaired) electrons. The minimum Gasteiger partial charge on any atom is -0.439 e. The van der Waals surface area contributed by atoms with Crippen molar-refractivity contribution in [2.75, 3.05) is 5.32 Å². The third-order valence-electron chi connectivity index (χ3n) is 3.25. The van der Waals surface area contributed by atoms with E-state index in [1.165, 1.54) is 12.3 Å². The highest BCUT2D eigenvalue weighted by Crippen LogP contribution is 2.23. The molecule has 1 aromatic heterocycles. The Balaban J connectivity index is 1.71. The minimum absolute atomic E-state index is 0.00798. The lowest BCUT2D eigenvalue weighted by Gasteiger charge is -2.05. The molecule has 2 N–H and O–H groups in total. The van der Waals surface area contributed by atoms with Crippen molar-refractivity contribution in [3.05, 3.63) is 72.0 Å². The van der Waals surface area contributed by atoms with Gasteiger partial charge in [-0.25, -0.2) is 9.37 Å². The van der Waals surface area contributed by atoms with Gasteiger partial charge in [-0.05, 0) is 29.8 Å². The molecule has 0 saturated carbocycles. The first-order valence-corrected chi connectivity index (χ1v) is 6.89. The van der Waals surface area contributed by atoms with Crippen LogP contribution in [0.2, 0.25) is 0 Å². The Morgan fingerprint density at radius 2 is 2.00 bits per heavy atom. The van der Waals surface area contributed by atoms with E-state index in [0.29, 0.717) is 23.8 Å². The monoisotopic (exact) mass is 298 g/mol. The molecular formula is C17H15FN2O2. The smallest absolute Gasteiger partial charge is 0.214 e. The molecule has 0 unspecified atom stereocenters. The lowest BCUT2D eigenvalue weighted by atomic mass is 10.2. The van der Waals surface area contributed by atoms with Gasteiger partial charge in [-0.15, -0.1) is 0 Å². The first kappa shape index (κ1) is 14.3. The molecule has 0 aliphatic rings. The van der Waals surface area contributed by atoms with E-state index in [9.17, 15) is 4.39 Å². The Morgan fingerprint density at radius 3 is 2.82 bits per heavy atom. The molecule has 0 aliphatic heterocycles. The maximum Gasteiger partial charge on any atom is 0.214 e. The zero-order valence-corrected chi connectivity index (χ0v) is 11.8. The van der Waals surface area contributed by atoms with Gasteiger partial charge in [-0.1, -0.05) is 24.3 Å². The third-order valence-corrected chi connectivity index (χ3v) is 3.25. The standard InChI is InChI=1S/C17H15FN2O2/c18-15-7-2-1-6-14(15)16-9-20-17(22-16)10-19-13-5-3-4-12(8-13)11-21/h1-9,19,21H,10-11H2. The van der Waals surface area contributed by atoms with Gasteiger partial charge in [0, 0.05) is 5.69 Å². The number of halogens is 1. The number of nitrogens with zero attached hydrogens (tertiary/aromatic N) is 1. The van der Waals surface area contributed by atoms with Crippen molar-refractivity contribution in [3.63, 3.8) is 0 Å². The normalized spacial score (nSPS) is 10.6. The number of hydrogen-bond acceptors (Lipinski definition) is 4. The number of benzene rings is 2. The van der Waals surface area contributed by atoms with Crippen molar-refractivity contribution in [3.8, 4) is 11.3 Å². The van der Waals surface area contributed by atoms with Crippen LogP contribution < -0.4 is 5.32 Å². The van der Waals surface area contributed by atoms with Gasteiger partial charge in [0.2, 0.25) is 5.89 Å². The zero-order chi connectivity index (χ0) is 15.4. The van der Waals surface area contributed by atoms with Gasteiger partial charge >= 0.3 is 0 Å². The van der Waals surface area contributed by atoms with Crippen molar-refractivity contribution in [2.24, 2.45) is 0 Å². The van der Waals surface area contributed by atoms with Crippen molar-refractivity contribution in [2.45, 2.75) is 13.2 Å². The van der Waals surface area contributed by atoms with Crippen LogP contribution in [0.5, 0.6) is 0 Å². The SMILES string of the molecule is OCc1cccc(NCc2ncc(-c3ccccc3F)o2)c1. The summed E-state index contributed by atoms with van der Waals surface area (Å²) in [4.78, 5) is 4.15. The Labute approximate surface area is 127 Å². The molecule has 0 bridgehead atoms. The van der Waals surface area contributed by atoms with Crippen molar-refractivity contribution in [1.29, 1.82) is 0 Å². The van der Waals surface area contributed by atoms with Gasteiger partial charge in [0.25, 0.3) is 0 Å². The molecule has 0 spiro atoms. The molecule has 4 nitrogen and oxygen atoms in total. The molecule has 3 rings (SSSR count). The summed E-state index contributed by atoms with van der Waals surface area (Å²) in [6, 6.07) is 13.8.